The van der Waals surface area contributed by atoms with Crippen LogP contribution in [-0.2, 0) is 12.8 Å². The number of hydrogen-bond acceptors (Lipinski definition) is 3. The Bertz CT molecular complexity index is 745. The topological polar surface area (TPSA) is 49.7 Å². The summed E-state index contributed by atoms with van der Waals surface area (Å²) in [6.45, 7) is 7.57. The highest BCUT2D eigenvalue weighted by atomic mass is 16.5. The Morgan fingerprint density at radius 3 is 2.57 bits per heavy atom. The molecule has 0 aromatic heterocycles. The van der Waals surface area contributed by atoms with Crippen molar-refractivity contribution < 1.29 is 14.9 Å². The van der Waals surface area contributed by atoms with Gasteiger partial charge in [-0.05, 0) is 56.0 Å². The highest BCUT2D eigenvalue weighted by molar-refractivity contribution is 5.68. The van der Waals surface area contributed by atoms with Crippen molar-refractivity contribution in [3.05, 3.63) is 52.6 Å². The zero-order valence-corrected chi connectivity index (χ0v) is 12.2. The largest absolute Gasteiger partial charge is 0.508 e. The molecule has 0 saturated carbocycles. The molecule has 0 spiro atoms. The number of hydrogen-bond donors (Lipinski definition) is 2. The summed E-state index contributed by atoms with van der Waals surface area (Å²) < 4.78 is 6.10. The minimum absolute atomic E-state index is 0.262. The fourth-order valence-electron chi connectivity index (χ4n) is 2.87. The van der Waals surface area contributed by atoms with Gasteiger partial charge in [-0.3, -0.25) is 0 Å². The number of aryl methyl sites for hydroxylation is 1. The summed E-state index contributed by atoms with van der Waals surface area (Å²) in [5, 5.41) is 19.9. The van der Waals surface area contributed by atoms with Crippen LogP contribution >= 0.6 is 0 Å². The van der Waals surface area contributed by atoms with E-state index in [1.165, 1.54) is 0 Å². The van der Waals surface area contributed by atoms with Gasteiger partial charge in [0, 0.05) is 16.7 Å². The van der Waals surface area contributed by atoms with E-state index in [9.17, 15) is 10.2 Å². The lowest BCUT2D eigenvalue weighted by molar-refractivity contribution is 0.452. The first-order valence-corrected chi connectivity index (χ1v) is 7.00. The smallest absolute Gasteiger partial charge is 0.138 e. The molecule has 0 saturated heterocycles. The lowest BCUT2D eigenvalue weighted by atomic mass is 9.97. The van der Waals surface area contributed by atoms with Crippen molar-refractivity contribution in [2.24, 2.45) is 0 Å². The van der Waals surface area contributed by atoms with Crippen LogP contribution < -0.4 is 4.74 Å². The number of phenols is 2. The Balaban J connectivity index is 2.22. The molecule has 3 nitrogen and oxygen atoms in total. The number of ether oxygens (including phenoxy) is 1. The Kier molecular flexibility index (Phi) is 3.13. The molecule has 0 aliphatic carbocycles. The minimum Gasteiger partial charge on any atom is -0.508 e. The summed E-state index contributed by atoms with van der Waals surface area (Å²) in [6.07, 6.45) is 3.23. The molecule has 0 bridgehead atoms. The Morgan fingerprint density at radius 1 is 1.10 bits per heavy atom. The number of phenolic OH excluding ortho intramolecular Hbond substituents is 2. The lowest BCUT2D eigenvalue weighted by Gasteiger charge is -2.15. The fourth-order valence-corrected chi connectivity index (χ4v) is 2.87. The predicted molar refractivity (Wildman–Crippen MR) is 83.3 cm³/mol. The predicted octanol–water partition coefficient (Wildman–Crippen LogP) is 4.25. The van der Waals surface area contributed by atoms with Gasteiger partial charge in [0.2, 0.25) is 0 Å². The van der Waals surface area contributed by atoms with E-state index in [1.54, 1.807) is 24.3 Å². The summed E-state index contributed by atoms with van der Waals surface area (Å²) in [5.41, 5.74) is 4.41. The second kappa shape index (κ2) is 4.85. The van der Waals surface area contributed by atoms with Crippen LogP contribution in [0.25, 0.3) is 6.08 Å². The molecule has 0 atom stereocenters. The fraction of sp³-hybridized carbons (Fsp3) is 0.222. The summed E-state index contributed by atoms with van der Waals surface area (Å²) in [5.74, 6) is 2.06. The summed E-state index contributed by atoms with van der Waals surface area (Å²) in [7, 11) is 0. The molecular weight excluding hydrogens is 264 g/mol. The average Bonchev–Trinajstić information content (AvgIpc) is 2.64. The highest BCUT2D eigenvalue weighted by Crippen LogP contribution is 2.42. The van der Waals surface area contributed by atoms with E-state index >= 15 is 0 Å². The maximum Gasteiger partial charge on any atom is 0.138 e. The molecule has 0 unspecified atom stereocenters. The first-order valence-electron chi connectivity index (χ1n) is 7.00. The molecule has 2 aromatic rings. The van der Waals surface area contributed by atoms with Crippen molar-refractivity contribution in [3.63, 3.8) is 0 Å². The molecule has 0 amide bonds. The van der Waals surface area contributed by atoms with Crippen LogP contribution in [0.2, 0.25) is 0 Å². The maximum absolute atomic E-state index is 10.1. The zero-order valence-electron chi connectivity index (χ0n) is 12.2. The van der Waals surface area contributed by atoms with Crippen molar-refractivity contribution in [3.8, 4) is 23.0 Å². The van der Waals surface area contributed by atoms with E-state index in [1.807, 2.05) is 13.8 Å². The van der Waals surface area contributed by atoms with Gasteiger partial charge >= 0.3 is 0 Å². The number of rotatable bonds is 1. The quantitative estimate of drug-likeness (QED) is 0.822. The SMILES string of the molecule is C=Cc1c(C)c(O)cc2c1Oc1ccc(O)c(C)c1CC2. The van der Waals surface area contributed by atoms with Gasteiger partial charge in [-0.1, -0.05) is 12.7 Å². The van der Waals surface area contributed by atoms with Crippen LogP contribution in [0.5, 0.6) is 23.0 Å². The number of aromatic hydroxyl groups is 2. The molecule has 3 heteroatoms. The molecular formula is C18H18O3. The van der Waals surface area contributed by atoms with E-state index in [-0.39, 0.29) is 11.5 Å². The molecule has 0 radical (unpaired) electrons. The Labute approximate surface area is 124 Å². The molecule has 0 fully saturated rings. The van der Waals surface area contributed by atoms with E-state index in [0.29, 0.717) is 0 Å². The van der Waals surface area contributed by atoms with Crippen LogP contribution in [0.3, 0.4) is 0 Å². The average molecular weight is 282 g/mol. The first-order chi connectivity index (χ1) is 10.0. The third-order valence-corrected chi connectivity index (χ3v) is 4.22. The van der Waals surface area contributed by atoms with Crippen LogP contribution in [0.1, 0.15) is 27.8 Å². The molecule has 1 aliphatic heterocycles. The van der Waals surface area contributed by atoms with Crippen LogP contribution in [-0.4, -0.2) is 10.2 Å². The molecule has 108 valence electrons. The third-order valence-electron chi connectivity index (χ3n) is 4.22. The molecule has 2 aromatic carbocycles. The highest BCUT2D eigenvalue weighted by Gasteiger charge is 2.22. The van der Waals surface area contributed by atoms with Crippen molar-refractivity contribution in [2.45, 2.75) is 26.7 Å². The molecule has 3 rings (SSSR count). The monoisotopic (exact) mass is 282 g/mol. The van der Waals surface area contributed by atoms with Crippen LogP contribution in [0.15, 0.2) is 24.8 Å². The molecule has 21 heavy (non-hydrogen) atoms. The van der Waals surface area contributed by atoms with E-state index in [2.05, 4.69) is 6.58 Å². The van der Waals surface area contributed by atoms with Crippen LogP contribution in [0.4, 0.5) is 0 Å². The first kappa shape index (κ1) is 13.6. The van der Waals surface area contributed by atoms with E-state index in [4.69, 9.17) is 4.74 Å². The second-order valence-corrected chi connectivity index (χ2v) is 5.42. The van der Waals surface area contributed by atoms with Gasteiger partial charge in [0.1, 0.15) is 23.0 Å². The lowest BCUT2D eigenvalue weighted by Crippen LogP contribution is -1.95. The zero-order chi connectivity index (χ0) is 15.1. The van der Waals surface area contributed by atoms with Gasteiger partial charge in [0.15, 0.2) is 0 Å². The van der Waals surface area contributed by atoms with Crippen molar-refractivity contribution >= 4 is 6.08 Å². The summed E-state index contributed by atoms with van der Waals surface area (Å²) >= 11 is 0. The normalized spacial score (nSPS) is 12.9. The third kappa shape index (κ3) is 2.05. The van der Waals surface area contributed by atoms with Gasteiger partial charge in [-0.15, -0.1) is 0 Å². The van der Waals surface area contributed by atoms with Gasteiger partial charge in [0.05, 0.1) is 0 Å². The molecule has 1 heterocycles. The maximum atomic E-state index is 10.1. The van der Waals surface area contributed by atoms with Crippen LogP contribution in [0, 0.1) is 13.8 Å². The van der Waals surface area contributed by atoms with Gasteiger partial charge in [-0.25, -0.2) is 0 Å². The summed E-state index contributed by atoms with van der Waals surface area (Å²) in [4.78, 5) is 0. The molecule has 2 N–H and O–H groups in total. The minimum atomic E-state index is 0.262. The van der Waals surface area contributed by atoms with Crippen molar-refractivity contribution in [1.82, 2.24) is 0 Å². The van der Waals surface area contributed by atoms with E-state index < -0.39 is 0 Å². The van der Waals surface area contributed by atoms with Gasteiger partial charge in [0.25, 0.3) is 0 Å². The van der Waals surface area contributed by atoms with E-state index in [0.717, 1.165) is 52.2 Å². The van der Waals surface area contributed by atoms with Crippen molar-refractivity contribution in [1.29, 1.82) is 0 Å². The number of benzene rings is 2. The van der Waals surface area contributed by atoms with Gasteiger partial charge in [-0.2, -0.15) is 0 Å². The van der Waals surface area contributed by atoms with Gasteiger partial charge < -0.3 is 14.9 Å². The van der Waals surface area contributed by atoms with Crippen molar-refractivity contribution in [2.75, 3.05) is 0 Å². The number of fused-ring (bicyclic) bond motifs is 2. The Hall–Kier alpha value is -2.42. The standard InChI is InChI=1S/C18H18O3/c1-4-13-10(2)16(20)9-12-5-6-14-11(3)15(19)7-8-17(14)21-18(12)13/h4,7-9,19-20H,1,5-6H2,2-3H3. The molecule has 1 aliphatic rings. The second-order valence-electron chi connectivity index (χ2n) is 5.42. The Morgan fingerprint density at radius 2 is 1.86 bits per heavy atom. The summed E-state index contributed by atoms with van der Waals surface area (Å²) in [6, 6.07) is 5.21.